The van der Waals surface area contributed by atoms with Crippen molar-refractivity contribution < 1.29 is 4.52 Å². The van der Waals surface area contributed by atoms with Gasteiger partial charge in [0.1, 0.15) is 5.82 Å². The first kappa shape index (κ1) is 13.3. The van der Waals surface area contributed by atoms with E-state index < -0.39 is 0 Å². The first-order valence-electron chi connectivity index (χ1n) is 7.82. The Balaban J connectivity index is 1.50. The van der Waals surface area contributed by atoms with Crippen LogP contribution in [0.15, 0.2) is 47.0 Å². The van der Waals surface area contributed by atoms with Crippen molar-refractivity contribution >= 4 is 16.9 Å². The third-order valence-electron chi connectivity index (χ3n) is 4.29. The Kier molecular flexibility index (Phi) is 3.29. The first-order chi connectivity index (χ1) is 10.8. The van der Waals surface area contributed by atoms with Crippen LogP contribution in [-0.2, 0) is 6.42 Å². The maximum absolute atomic E-state index is 5.42. The minimum Gasteiger partial charge on any atom is -0.359 e. The maximum atomic E-state index is 5.42. The summed E-state index contributed by atoms with van der Waals surface area (Å²) in [4.78, 5) is 6.77. The summed E-state index contributed by atoms with van der Waals surface area (Å²) >= 11 is 0. The van der Waals surface area contributed by atoms with E-state index in [1.54, 1.807) is 0 Å². The minimum absolute atomic E-state index is 0.588. The van der Waals surface area contributed by atoms with Gasteiger partial charge in [-0.2, -0.15) is 4.98 Å². The number of hydrogen-bond donors (Lipinski definition) is 0. The summed E-state index contributed by atoms with van der Waals surface area (Å²) in [6.45, 7) is 0.923. The molecular weight excluding hydrogens is 274 g/mol. The van der Waals surface area contributed by atoms with E-state index in [4.69, 9.17) is 4.52 Å². The predicted molar refractivity (Wildman–Crippen MR) is 87.2 cm³/mol. The van der Waals surface area contributed by atoms with E-state index in [-0.39, 0.29) is 0 Å². The molecule has 0 bridgehead atoms. The molecule has 0 amide bonds. The molecule has 1 fully saturated rings. The number of fused-ring (bicyclic) bond motifs is 1. The summed E-state index contributed by atoms with van der Waals surface area (Å²) in [5.41, 5.74) is 3.08. The van der Waals surface area contributed by atoms with Crippen LogP contribution in [0.3, 0.4) is 0 Å². The molecule has 4 nitrogen and oxygen atoms in total. The van der Waals surface area contributed by atoms with Crippen LogP contribution < -0.4 is 4.90 Å². The van der Waals surface area contributed by atoms with E-state index in [0.717, 1.165) is 29.9 Å². The van der Waals surface area contributed by atoms with E-state index in [0.29, 0.717) is 11.6 Å². The Hall–Kier alpha value is -2.36. The fourth-order valence-corrected chi connectivity index (χ4v) is 2.76. The molecule has 1 aliphatic rings. The molecule has 22 heavy (non-hydrogen) atoms. The lowest BCUT2D eigenvalue weighted by molar-refractivity contribution is 0.439. The standard InChI is InChI=1S/C18H19N3O/c1-21(12-11-13-5-3-2-4-6-13)16-10-9-15-17(14-7-8-14)20-22-18(15)19-16/h2-6,9-10,14H,7-8,11-12H2,1H3. The van der Waals surface area contributed by atoms with Crippen LogP contribution in [0.25, 0.3) is 11.1 Å². The van der Waals surface area contributed by atoms with E-state index >= 15 is 0 Å². The van der Waals surface area contributed by atoms with E-state index in [2.05, 4.69) is 58.5 Å². The fourth-order valence-electron chi connectivity index (χ4n) is 2.76. The van der Waals surface area contributed by atoms with Gasteiger partial charge in [-0.1, -0.05) is 35.5 Å². The lowest BCUT2D eigenvalue weighted by atomic mass is 10.1. The van der Waals surface area contributed by atoms with Gasteiger partial charge in [-0.3, -0.25) is 0 Å². The van der Waals surface area contributed by atoms with Gasteiger partial charge in [-0.25, -0.2) is 0 Å². The maximum Gasteiger partial charge on any atom is 0.259 e. The number of rotatable bonds is 5. The largest absolute Gasteiger partial charge is 0.359 e. The van der Waals surface area contributed by atoms with E-state index in [1.165, 1.54) is 18.4 Å². The summed E-state index contributed by atoms with van der Waals surface area (Å²) < 4.78 is 5.42. The Bertz CT molecular complexity index is 777. The average molecular weight is 293 g/mol. The molecule has 112 valence electrons. The van der Waals surface area contributed by atoms with Crippen LogP contribution in [0, 0.1) is 0 Å². The highest BCUT2D eigenvalue weighted by Crippen LogP contribution is 2.42. The van der Waals surface area contributed by atoms with Gasteiger partial charge < -0.3 is 9.42 Å². The topological polar surface area (TPSA) is 42.2 Å². The lowest BCUT2D eigenvalue weighted by Crippen LogP contribution is -2.21. The number of pyridine rings is 1. The number of aromatic nitrogens is 2. The molecule has 4 rings (SSSR count). The molecule has 4 heteroatoms. The molecule has 0 radical (unpaired) electrons. The third kappa shape index (κ3) is 2.56. The van der Waals surface area contributed by atoms with Gasteiger partial charge in [0.15, 0.2) is 0 Å². The Morgan fingerprint density at radius 1 is 1.14 bits per heavy atom. The molecule has 0 unspecified atom stereocenters. The van der Waals surface area contributed by atoms with Crippen molar-refractivity contribution in [3.05, 3.63) is 53.7 Å². The van der Waals surface area contributed by atoms with Crippen LogP contribution in [-0.4, -0.2) is 23.7 Å². The van der Waals surface area contributed by atoms with Crippen LogP contribution in [0.5, 0.6) is 0 Å². The van der Waals surface area contributed by atoms with Crippen LogP contribution in [0.4, 0.5) is 5.82 Å². The summed E-state index contributed by atoms with van der Waals surface area (Å²) in [7, 11) is 2.06. The highest BCUT2D eigenvalue weighted by Gasteiger charge is 2.29. The van der Waals surface area contributed by atoms with Gasteiger partial charge in [0.2, 0.25) is 0 Å². The second kappa shape index (κ2) is 5.44. The second-order valence-electron chi connectivity index (χ2n) is 6.02. The van der Waals surface area contributed by atoms with Crippen molar-refractivity contribution in [2.45, 2.75) is 25.2 Å². The fraction of sp³-hybridized carbons (Fsp3) is 0.333. The van der Waals surface area contributed by atoms with Crippen LogP contribution in [0.1, 0.15) is 30.0 Å². The molecule has 0 atom stereocenters. The van der Waals surface area contributed by atoms with Crippen molar-refractivity contribution in [2.75, 3.05) is 18.5 Å². The van der Waals surface area contributed by atoms with Crippen molar-refractivity contribution in [3.63, 3.8) is 0 Å². The van der Waals surface area contributed by atoms with Crippen LogP contribution in [0.2, 0.25) is 0 Å². The lowest BCUT2D eigenvalue weighted by Gasteiger charge is -2.17. The molecule has 3 aromatic rings. The number of benzene rings is 1. The van der Waals surface area contributed by atoms with Crippen molar-refractivity contribution in [3.8, 4) is 0 Å². The van der Waals surface area contributed by atoms with Gasteiger partial charge >= 0.3 is 0 Å². The molecule has 0 saturated heterocycles. The zero-order valence-corrected chi connectivity index (χ0v) is 12.7. The predicted octanol–water partition coefficient (Wildman–Crippen LogP) is 3.78. The first-order valence-corrected chi connectivity index (χ1v) is 7.82. The van der Waals surface area contributed by atoms with Gasteiger partial charge in [0.05, 0.1) is 11.1 Å². The third-order valence-corrected chi connectivity index (χ3v) is 4.29. The molecule has 1 aromatic carbocycles. The number of nitrogens with zero attached hydrogens (tertiary/aromatic N) is 3. The summed E-state index contributed by atoms with van der Waals surface area (Å²) in [5, 5.41) is 5.27. The molecule has 0 N–H and O–H groups in total. The molecule has 0 aliphatic heterocycles. The zero-order valence-electron chi connectivity index (χ0n) is 12.7. The average Bonchev–Trinajstić information content (AvgIpc) is 3.32. The quantitative estimate of drug-likeness (QED) is 0.718. The van der Waals surface area contributed by atoms with Gasteiger partial charge in [0.25, 0.3) is 5.71 Å². The molecule has 2 aromatic heterocycles. The summed E-state index contributed by atoms with van der Waals surface area (Å²) in [6, 6.07) is 14.7. The second-order valence-corrected chi connectivity index (χ2v) is 6.02. The highest BCUT2D eigenvalue weighted by atomic mass is 16.5. The molecule has 1 saturated carbocycles. The van der Waals surface area contributed by atoms with Gasteiger partial charge in [-0.05, 0) is 37.0 Å². The van der Waals surface area contributed by atoms with Crippen LogP contribution >= 0.6 is 0 Å². The molecule has 0 spiro atoms. The minimum atomic E-state index is 0.588. The van der Waals surface area contributed by atoms with E-state index in [1.807, 2.05) is 6.07 Å². The number of likely N-dealkylation sites (N-methyl/N-ethyl adjacent to an activating group) is 1. The monoisotopic (exact) mass is 293 g/mol. The summed E-state index contributed by atoms with van der Waals surface area (Å²) in [6.07, 6.45) is 3.45. The van der Waals surface area contributed by atoms with Crippen molar-refractivity contribution in [2.24, 2.45) is 0 Å². The van der Waals surface area contributed by atoms with Crippen molar-refractivity contribution in [1.82, 2.24) is 10.1 Å². The van der Waals surface area contributed by atoms with Crippen molar-refractivity contribution in [1.29, 1.82) is 0 Å². The van der Waals surface area contributed by atoms with E-state index in [9.17, 15) is 0 Å². The zero-order chi connectivity index (χ0) is 14.9. The molecule has 2 heterocycles. The number of hydrogen-bond acceptors (Lipinski definition) is 4. The summed E-state index contributed by atoms with van der Waals surface area (Å²) in [5.74, 6) is 1.52. The normalized spacial score (nSPS) is 14.4. The Morgan fingerprint density at radius 2 is 1.95 bits per heavy atom. The smallest absolute Gasteiger partial charge is 0.259 e. The number of anilines is 1. The Labute approximate surface area is 129 Å². The SMILES string of the molecule is CN(CCc1ccccc1)c1ccc2c(C3CC3)noc2n1. The van der Waals surface area contributed by atoms with Gasteiger partial charge in [0, 0.05) is 19.5 Å². The molecule has 1 aliphatic carbocycles. The Morgan fingerprint density at radius 3 is 2.73 bits per heavy atom. The molecular formula is C18H19N3O. The van der Waals surface area contributed by atoms with Gasteiger partial charge in [-0.15, -0.1) is 0 Å². The highest BCUT2D eigenvalue weighted by molar-refractivity contribution is 5.78.